The number of aromatic hydroxyl groups is 1. The van der Waals surface area contributed by atoms with Crippen molar-refractivity contribution in [1.82, 2.24) is 4.90 Å². The van der Waals surface area contributed by atoms with Gasteiger partial charge in [0.15, 0.2) is 0 Å². The van der Waals surface area contributed by atoms with Crippen LogP contribution < -0.4 is 0 Å². The first-order valence-electron chi connectivity index (χ1n) is 7.56. The summed E-state index contributed by atoms with van der Waals surface area (Å²) in [6.45, 7) is 7.40. The molecule has 0 spiro atoms. The van der Waals surface area contributed by atoms with Crippen molar-refractivity contribution in [2.24, 2.45) is 0 Å². The van der Waals surface area contributed by atoms with Gasteiger partial charge in [-0.05, 0) is 34.7 Å². The molecule has 22 heavy (non-hydrogen) atoms. The van der Waals surface area contributed by atoms with Gasteiger partial charge in [-0.2, -0.15) is 0 Å². The summed E-state index contributed by atoms with van der Waals surface area (Å²) in [6, 6.07) is 13.3. The van der Waals surface area contributed by atoms with Gasteiger partial charge in [0.25, 0.3) is 5.91 Å². The Balaban J connectivity index is 1.88. The van der Waals surface area contributed by atoms with Gasteiger partial charge in [-0.15, -0.1) is 0 Å². The Morgan fingerprint density at radius 3 is 2.18 bits per heavy atom. The van der Waals surface area contributed by atoms with E-state index in [2.05, 4.69) is 12.1 Å². The Morgan fingerprint density at radius 2 is 1.64 bits per heavy atom. The molecule has 1 aliphatic heterocycles. The van der Waals surface area contributed by atoms with E-state index in [1.807, 2.05) is 43.9 Å². The Labute approximate surface area is 131 Å². The maximum atomic E-state index is 12.8. The van der Waals surface area contributed by atoms with E-state index >= 15 is 0 Å². The molecule has 0 atom stereocenters. The molecule has 3 nitrogen and oxygen atoms in total. The van der Waals surface area contributed by atoms with Crippen LogP contribution in [-0.4, -0.2) is 15.9 Å². The molecule has 0 aromatic heterocycles. The number of phenols is 1. The standard InChI is InChI=1S/C19H21NO2/c1-19(2,3)16-10-13(8-9-17(16)21)18(22)20-11-14-6-4-5-7-15(14)12-20/h4-10,21H,11-12H2,1-3H3. The molecule has 3 rings (SSSR count). The van der Waals surface area contributed by atoms with Crippen LogP contribution in [0, 0.1) is 0 Å². The van der Waals surface area contributed by atoms with E-state index in [0.29, 0.717) is 18.7 Å². The number of nitrogens with zero attached hydrogens (tertiary/aromatic N) is 1. The average molecular weight is 295 g/mol. The fourth-order valence-corrected chi connectivity index (χ4v) is 2.93. The summed E-state index contributed by atoms with van der Waals surface area (Å²) in [4.78, 5) is 14.6. The highest BCUT2D eigenvalue weighted by Gasteiger charge is 2.26. The molecule has 1 aliphatic rings. The molecule has 0 fully saturated rings. The van der Waals surface area contributed by atoms with E-state index in [4.69, 9.17) is 0 Å². The van der Waals surface area contributed by atoms with Crippen molar-refractivity contribution < 1.29 is 9.90 Å². The minimum Gasteiger partial charge on any atom is -0.508 e. The summed E-state index contributed by atoms with van der Waals surface area (Å²) in [5, 5.41) is 10.0. The van der Waals surface area contributed by atoms with E-state index < -0.39 is 0 Å². The lowest BCUT2D eigenvalue weighted by Crippen LogP contribution is -2.25. The SMILES string of the molecule is CC(C)(C)c1cc(C(=O)N2Cc3ccccc3C2)ccc1O. The van der Waals surface area contributed by atoms with E-state index in [1.165, 1.54) is 11.1 Å². The van der Waals surface area contributed by atoms with Crippen molar-refractivity contribution in [2.75, 3.05) is 0 Å². The van der Waals surface area contributed by atoms with Crippen LogP contribution in [0.3, 0.4) is 0 Å². The zero-order valence-corrected chi connectivity index (χ0v) is 13.3. The molecule has 0 saturated heterocycles. The lowest BCUT2D eigenvalue weighted by Gasteiger charge is -2.22. The van der Waals surface area contributed by atoms with Gasteiger partial charge in [-0.3, -0.25) is 4.79 Å². The first-order valence-corrected chi connectivity index (χ1v) is 7.56. The molecule has 114 valence electrons. The van der Waals surface area contributed by atoms with E-state index in [9.17, 15) is 9.90 Å². The number of hydrogen-bond donors (Lipinski definition) is 1. The van der Waals surface area contributed by atoms with Crippen molar-refractivity contribution in [2.45, 2.75) is 39.3 Å². The second-order valence-corrected chi connectivity index (χ2v) is 6.91. The summed E-state index contributed by atoms with van der Waals surface area (Å²) in [5.74, 6) is 0.260. The third-order valence-corrected chi connectivity index (χ3v) is 4.18. The molecular formula is C19H21NO2. The third kappa shape index (κ3) is 2.59. The predicted molar refractivity (Wildman–Crippen MR) is 86.8 cm³/mol. The lowest BCUT2D eigenvalue weighted by molar-refractivity contribution is 0.0751. The number of hydrogen-bond acceptors (Lipinski definition) is 2. The van der Waals surface area contributed by atoms with Crippen LogP contribution in [0.5, 0.6) is 5.75 Å². The molecule has 0 saturated carbocycles. The Hall–Kier alpha value is -2.29. The largest absolute Gasteiger partial charge is 0.508 e. The number of carbonyl (C=O) groups excluding carboxylic acids is 1. The van der Waals surface area contributed by atoms with Crippen molar-refractivity contribution in [1.29, 1.82) is 0 Å². The normalized spacial score (nSPS) is 14.0. The number of rotatable bonds is 1. The van der Waals surface area contributed by atoms with Crippen molar-refractivity contribution in [3.63, 3.8) is 0 Å². The highest BCUT2D eigenvalue weighted by Crippen LogP contribution is 2.32. The first kappa shape index (κ1) is 14.6. The quantitative estimate of drug-likeness (QED) is 0.868. The van der Waals surface area contributed by atoms with Crippen LogP contribution in [0.2, 0.25) is 0 Å². The molecule has 3 heteroatoms. The van der Waals surface area contributed by atoms with E-state index in [1.54, 1.807) is 12.1 Å². The summed E-state index contributed by atoms with van der Waals surface area (Å²) in [6.07, 6.45) is 0. The van der Waals surface area contributed by atoms with Crippen LogP contribution in [-0.2, 0) is 18.5 Å². The van der Waals surface area contributed by atoms with Crippen LogP contribution in [0.4, 0.5) is 0 Å². The fraction of sp³-hybridized carbons (Fsp3) is 0.316. The Kier molecular flexibility index (Phi) is 3.44. The minimum absolute atomic E-state index is 0.0155. The second kappa shape index (κ2) is 5.16. The van der Waals surface area contributed by atoms with Gasteiger partial charge in [-0.1, -0.05) is 45.0 Å². The van der Waals surface area contributed by atoms with Crippen LogP contribution in [0.15, 0.2) is 42.5 Å². The van der Waals surface area contributed by atoms with Crippen LogP contribution in [0.25, 0.3) is 0 Å². The highest BCUT2D eigenvalue weighted by molar-refractivity contribution is 5.95. The highest BCUT2D eigenvalue weighted by atomic mass is 16.3. The van der Waals surface area contributed by atoms with Gasteiger partial charge in [0.2, 0.25) is 0 Å². The predicted octanol–water partition coefficient (Wildman–Crippen LogP) is 3.85. The summed E-state index contributed by atoms with van der Waals surface area (Å²) < 4.78 is 0. The zero-order chi connectivity index (χ0) is 15.9. The molecule has 1 amide bonds. The Morgan fingerprint density at radius 1 is 1.05 bits per heavy atom. The van der Waals surface area contributed by atoms with E-state index in [0.717, 1.165) is 5.56 Å². The molecule has 0 aliphatic carbocycles. The topological polar surface area (TPSA) is 40.5 Å². The third-order valence-electron chi connectivity index (χ3n) is 4.18. The van der Waals surface area contributed by atoms with Gasteiger partial charge in [0.1, 0.15) is 5.75 Å². The lowest BCUT2D eigenvalue weighted by atomic mass is 9.85. The molecule has 1 N–H and O–H groups in total. The number of phenolic OH excluding ortho intramolecular Hbond substituents is 1. The maximum absolute atomic E-state index is 12.8. The van der Waals surface area contributed by atoms with Gasteiger partial charge in [0, 0.05) is 24.2 Å². The number of benzene rings is 2. The van der Waals surface area contributed by atoms with Gasteiger partial charge >= 0.3 is 0 Å². The minimum atomic E-state index is -0.200. The van der Waals surface area contributed by atoms with Gasteiger partial charge in [-0.25, -0.2) is 0 Å². The summed E-state index contributed by atoms with van der Waals surface area (Å²) in [5.41, 5.74) is 3.66. The molecule has 0 radical (unpaired) electrons. The smallest absolute Gasteiger partial charge is 0.254 e. The van der Waals surface area contributed by atoms with Crippen molar-refractivity contribution in [3.8, 4) is 5.75 Å². The van der Waals surface area contributed by atoms with Gasteiger partial charge in [0.05, 0.1) is 0 Å². The van der Waals surface area contributed by atoms with Crippen molar-refractivity contribution >= 4 is 5.91 Å². The van der Waals surface area contributed by atoms with E-state index in [-0.39, 0.29) is 17.1 Å². The number of carbonyl (C=O) groups is 1. The van der Waals surface area contributed by atoms with Crippen molar-refractivity contribution in [3.05, 3.63) is 64.7 Å². The van der Waals surface area contributed by atoms with Gasteiger partial charge < -0.3 is 10.0 Å². The Bertz CT molecular complexity index is 703. The molecular weight excluding hydrogens is 274 g/mol. The zero-order valence-electron chi connectivity index (χ0n) is 13.3. The average Bonchev–Trinajstić information content (AvgIpc) is 2.89. The maximum Gasteiger partial charge on any atom is 0.254 e. The second-order valence-electron chi connectivity index (χ2n) is 6.91. The monoisotopic (exact) mass is 295 g/mol. The number of amides is 1. The van der Waals surface area contributed by atoms with Crippen LogP contribution >= 0.6 is 0 Å². The molecule has 1 heterocycles. The number of fused-ring (bicyclic) bond motifs is 1. The van der Waals surface area contributed by atoms with Crippen LogP contribution in [0.1, 0.15) is 47.8 Å². The molecule has 2 aromatic rings. The summed E-state index contributed by atoms with van der Waals surface area (Å²) >= 11 is 0. The fourth-order valence-electron chi connectivity index (χ4n) is 2.93. The summed E-state index contributed by atoms with van der Waals surface area (Å²) in [7, 11) is 0. The molecule has 2 aromatic carbocycles. The molecule has 0 unspecified atom stereocenters. The first-order chi connectivity index (χ1) is 10.4. The molecule has 0 bridgehead atoms.